The van der Waals surface area contributed by atoms with Crippen LogP contribution in [0.5, 0.6) is 0 Å². The Morgan fingerprint density at radius 2 is 2.00 bits per heavy atom. The zero-order valence-electron chi connectivity index (χ0n) is 10.6. The molecular weight excluding hydrogens is 277 g/mol. The summed E-state index contributed by atoms with van der Waals surface area (Å²) in [5, 5.41) is 3.43. The van der Waals surface area contributed by atoms with Crippen molar-refractivity contribution in [3.8, 4) is 0 Å². The maximum atomic E-state index is 12.5. The number of rotatable bonds is 3. The number of hydrogen-bond donors (Lipinski definition) is 1. The molecule has 1 saturated carbocycles. The van der Waals surface area contributed by atoms with E-state index in [-0.39, 0.29) is 11.1 Å². The lowest BCUT2D eigenvalue weighted by Gasteiger charge is -2.20. The third kappa shape index (κ3) is 3.60. The summed E-state index contributed by atoms with van der Waals surface area (Å²) in [6, 6.07) is 1.21. The van der Waals surface area contributed by atoms with Gasteiger partial charge in [-0.3, -0.25) is 4.98 Å². The van der Waals surface area contributed by atoms with Gasteiger partial charge in [-0.05, 0) is 25.8 Å². The van der Waals surface area contributed by atoms with Crippen LogP contribution in [0.25, 0.3) is 0 Å². The van der Waals surface area contributed by atoms with Crippen molar-refractivity contribution >= 4 is 11.6 Å². The number of aromatic nitrogens is 1. The molecule has 6 heteroatoms. The Bertz CT molecular complexity index is 442. The van der Waals surface area contributed by atoms with E-state index < -0.39 is 11.7 Å². The van der Waals surface area contributed by atoms with Gasteiger partial charge >= 0.3 is 6.18 Å². The van der Waals surface area contributed by atoms with Crippen molar-refractivity contribution in [2.24, 2.45) is 0 Å². The Kier molecular flexibility index (Phi) is 4.36. The van der Waals surface area contributed by atoms with Crippen molar-refractivity contribution in [1.29, 1.82) is 0 Å². The monoisotopic (exact) mass is 292 g/mol. The molecule has 19 heavy (non-hydrogen) atoms. The zero-order valence-corrected chi connectivity index (χ0v) is 11.4. The molecule has 0 saturated heterocycles. The lowest BCUT2D eigenvalue weighted by atomic mass is 10.1. The van der Waals surface area contributed by atoms with Gasteiger partial charge in [0.25, 0.3) is 0 Å². The van der Waals surface area contributed by atoms with E-state index in [2.05, 4.69) is 10.3 Å². The van der Waals surface area contributed by atoms with Crippen molar-refractivity contribution in [3.05, 3.63) is 28.5 Å². The molecule has 1 aromatic heterocycles. The van der Waals surface area contributed by atoms with Gasteiger partial charge in [-0.1, -0.05) is 24.4 Å². The van der Waals surface area contributed by atoms with Gasteiger partial charge in [-0.15, -0.1) is 0 Å². The molecule has 1 aliphatic rings. The van der Waals surface area contributed by atoms with Crippen LogP contribution < -0.4 is 5.32 Å². The minimum absolute atomic E-state index is 0.0628. The number of pyridine rings is 1. The molecule has 0 unspecified atom stereocenters. The van der Waals surface area contributed by atoms with Gasteiger partial charge in [0.05, 0.1) is 16.3 Å². The van der Waals surface area contributed by atoms with E-state index in [1.807, 2.05) is 6.92 Å². The van der Waals surface area contributed by atoms with E-state index in [4.69, 9.17) is 11.6 Å². The summed E-state index contributed by atoms with van der Waals surface area (Å²) < 4.78 is 37.5. The molecule has 0 aromatic carbocycles. The van der Waals surface area contributed by atoms with Crippen LogP contribution in [-0.2, 0) is 6.18 Å². The highest BCUT2D eigenvalue weighted by atomic mass is 35.5. The molecular formula is C13H16ClF3N2. The fourth-order valence-corrected chi connectivity index (χ4v) is 2.78. The molecule has 2 nitrogen and oxygen atoms in total. The van der Waals surface area contributed by atoms with Gasteiger partial charge in [-0.2, -0.15) is 13.2 Å². The topological polar surface area (TPSA) is 24.9 Å². The van der Waals surface area contributed by atoms with Crippen LogP contribution in [0.15, 0.2) is 12.3 Å². The summed E-state index contributed by atoms with van der Waals surface area (Å²) in [7, 11) is 0. The Morgan fingerprint density at radius 3 is 2.53 bits per heavy atom. The van der Waals surface area contributed by atoms with Gasteiger partial charge in [0.15, 0.2) is 0 Å². The predicted octanol–water partition coefficient (Wildman–Crippen LogP) is 4.35. The molecule has 0 radical (unpaired) electrons. The van der Waals surface area contributed by atoms with E-state index >= 15 is 0 Å². The van der Waals surface area contributed by atoms with E-state index in [9.17, 15) is 13.2 Å². The molecule has 1 aliphatic carbocycles. The third-order valence-electron chi connectivity index (χ3n) is 3.45. The highest BCUT2D eigenvalue weighted by molar-refractivity contribution is 6.31. The molecule has 0 bridgehead atoms. The van der Waals surface area contributed by atoms with Crippen molar-refractivity contribution in [2.45, 2.75) is 50.9 Å². The van der Waals surface area contributed by atoms with E-state index in [0.717, 1.165) is 25.1 Å². The zero-order chi connectivity index (χ0) is 14.0. The van der Waals surface area contributed by atoms with E-state index in [1.54, 1.807) is 0 Å². The van der Waals surface area contributed by atoms with Crippen LogP contribution in [0, 0.1) is 0 Å². The fraction of sp³-hybridized carbons (Fsp3) is 0.615. The molecule has 1 aromatic rings. The Balaban J connectivity index is 2.11. The number of nitrogens with one attached hydrogen (secondary N) is 1. The SMILES string of the molecule is C[C@H](NC1CCCC1)c1ncc(C(F)(F)F)cc1Cl. The lowest BCUT2D eigenvalue weighted by Crippen LogP contribution is -2.29. The van der Waals surface area contributed by atoms with Crippen molar-refractivity contribution in [2.75, 3.05) is 0 Å². The second-order valence-corrected chi connectivity index (χ2v) is 5.37. The third-order valence-corrected chi connectivity index (χ3v) is 3.75. The number of nitrogens with zero attached hydrogens (tertiary/aromatic N) is 1. The van der Waals surface area contributed by atoms with Gasteiger partial charge in [0, 0.05) is 18.3 Å². The van der Waals surface area contributed by atoms with Crippen LogP contribution in [0.1, 0.15) is 49.9 Å². The van der Waals surface area contributed by atoms with Crippen LogP contribution >= 0.6 is 11.6 Å². The highest BCUT2D eigenvalue weighted by Gasteiger charge is 2.32. The minimum Gasteiger partial charge on any atom is -0.306 e. The number of hydrogen-bond acceptors (Lipinski definition) is 2. The standard InChI is InChI=1S/C13H16ClF3N2/c1-8(19-10-4-2-3-5-10)12-11(14)6-9(7-18-12)13(15,16)17/h6-8,10,19H,2-5H2,1H3/t8-/m0/s1. The van der Waals surface area contributed by atoms with Gasteiger partial charge in [-0.25, -0.2) is 0 Å². The normalized spacial score (nSPS) is 18.8. The first kappa shape index (κ1) is 14.6. The first-order valence-corrected chi connectivity index (χ1v) is 6.74. The van der Waals surface area contributed by atoms with Gasteiger partial charge in [0.2, 0.25) is 0 Å². The molecule has 0 amide bonds. The van der Waals surface area contributed by atoms with E-state index in [0.29, 0.717) is 11.7 Å². The Hall–Kier alpha value is -0.810. The highest BCUT2D eigenvalue weighted by Crippen LogP contribution is 2.32. The van der Waals surface area contributed by atoms with Crippen LogP contribution in [0.2, 0.25) is 5.02 Å². The van der Waals surface area contributed by atoms with Crippen molar-refractivity contribution in [1.82, 2.24) is 10.3 Å². The summed E-state index contributed by atoms with van der Waals surface area (Å²) in [6.07, 6.45) is 1.02. The maximum absolute atomic E-state index is 12.5. The van der Waals surface area contributed by atoms with Crippen molar-refractivity contribution < 1.29 is 13.2 Å². The molecule has 1 fully saturated rings. The quantitative estimate of drug-likeness (QED) is 0.896. The smallest absolute Gasteiger partial charge is 0.306 e. The second kappa shape index (κ2) is 5.67. The van der Waals surface area contributed by atoms with Crippen LogP contribution in [0.4, 0.5) is 13.2 Å². The van der Waals surface area contributed by atoms with Crippen LogP contribution in [-0.4, -0.2) is 11.0 Å². The first-order chi connectivity index (χ1) is 8.88. The van der Waals surface area contributed by atoms with E-state index in [1.165, 1.54) is 12.8 Å². The molecule has 1 heterocycles. The summed E-state index contributed by atoms with van der Waals surface area (Å²) in [6.45, 7) is 1.87. The minimum atomic E-state index is -4.41. The lowest BCUT2D eigenvalue weighted by molar-refractivity contribution is -0.137. The fourth-order valence-electron chi connectivity index (χ4n) is 2.45. The number of alkyl halides is 3. The average Bonchev–Trinajstić information content (AvgIpc) is 2.80. The molecule has 2 rings (SSSR count). The van der Waals surface area contributed by atoms with Gasteiger partial charge < -0.3 is 5.32 Å². The van der Waals surface area contributed by atoms with Crippen LogP contribution in [0.3, 0.4) is 0 Å². The number of halogens is 4. The molecule has 1 atom stereocenters. The molecule has 0 spiro atoms. The second-order valence-electron chi connectivity index (χ2n) is 4.96. The summed E-state index contributed by atoms with van der Waals surface area (Å²) >= 11 is 5.91. The average molecular weight is 293 g/mol. The molecule has 106 valence electrons. The summed E-state index contributed by atoms with van der Waals surface area (Å²) in [5.41, 5.74) is -0.337. The summed E-state index contributed by atoms with van der Waals surface area (Å²) in [5.74, 6) is 0. The summed E-state index contributed by atoms with van der Waals surface area (Å²) in [4.78, 5) is 3.87. The largest absolute Gasteiger partial charge is 0.417 e. The first-order valence-electron chi connectivity index (χ1n) is 6.36. The Morgan fingerprint density at radius 1 is 1.37 bits per heavy atom. The van der Waals surface area contributed by atoms with Crippen molar-refractivity contribution in [3.63, 3.8) is 0 Å². The molecule has 0 aliphatic heterocycles. The molecule has 1 N–H and O–H groups in total. The predicted molar refractivity (Wildman–Crippen MR) is 68.1 cm³/mol. The Labute approximate surface area is 115 Å². The van der Waals surface area contributed by atoms with Gasteiger partial charge in [0.1, 0.15) is 0 Å². The maximum Gasteiger partial charge on any atom is 0.417 e.